The number of aryl methyl sites for hydroxylation is 2. The minimum Gasteiger partial charge on any atom is -0.507 e. The zero-order chi connectivity index (χ0) is 23.7. The van der Waals surface area contributed by atoms with Crippen LogP contribution in [0.3, 0.4) is 0 Å². The number of aromatic nitrogens is 1. The quantitative estimate of drug-likeness (QED) is 0.334. The van der Waals surface area contributed by atoms with Gasteiger partial charge >= 0.3 is 0 Å². The van der Waals surface area contributed by atoms with Crippen molar-refractivity contribution in [3.05, 3.63) is 94.8 Å². The summed E-state index contributed by atoms with van der Waals surface area (Å²) in [5.74, 6) is -0.948. The average Bonchev–Trinajstić information content (AvgIpc) is 3.14. The van der Waals surface area contributed by atoms with Crippen LogP contribution in [0.2, 0.25) is 0 Å². The fourth-order valence-electron chi connectivity index (χ4n) is 4.89. The molecule has 0 radical (unpaired) electrons. The fourth-order valence-corrected chi connectivity index (χ4v) is 4.89. The highest BCUT2D eigenvalue weighted by Crippen LogP contribution is 2.43. The minimum atomic E-state index is -0.782. The van der Waals surface area contributed by atoms with Crippen molar-refractivity contribution in [3.63, 3.8) is 0 Å². The standard InChI is InChI=1S/C28H26N2O4/c1-2-34-23-9-5-8-22(17-23)30-25(19-12-14-29-15-13-19)24(27(32)28(30)33)26(31)21-11-10-18-6-3-4-7-20(18)16-21/h5,8-17,25,31H,2-4,6-7H2,1H3/b26-24-. The fraction of sp³-hybridized carbons (Fsp3) is 0.250. The molecule has 0 spiro atoms. The first-order valence-electron chi connectivity index (χ1n) is 11.6. The number of hydrogen-bond donors (Lipinski definition) is 1. The van der Waals surface area contributed by atoms with E-state index in [9.17, 15) is 14.7 Å². The van der Waals surface area contributed by atoms with Crippen LogP contribution < -0.4 is 9.64 Å². The molecule has 5 rings (SSSR count). The maximum atomic E-state index is 13.3. The van der Waals surface area contributed by atoms with Crippen molar-refractivity contribution < 1.29 is 19.4 Å². The number of Topliss-reactive ketones (excluding diaryl/α,β-unsaturated/α-hetero) is 1. The Labute approximate surface area is 198 Å². The molecule has 1 aliphatic heterocycles. The van der Waals surface area contributed by atoms with Gasteiger partial charge in [-0.25, -0.2) is 0 Å². The van der Waals surface area contributed by atoms with Crippen LogP contribution in [0.15, 0.2) is 72.6 Å². The summed E-state index contributed by atoms with van der Waals surface area (Å²) in [7, 11) is 0. The minimum absolute atomic E-state index is 0.0776. The number of fused-ring (bicyclic) bond motifs is 1. The van der Waals surface area contributed by atoms with Crippen molar-refractivity contribution in [2.45, 2.75) is 38.6 Å². The van der Waals surface area contributed by atoms with Gasteiger partial charge in [-0.2, -0.15) is 0 Å². The van der Waals surface area contributed by atoms with E-state index in [2.05, 4.69) is 4.98 Å². The topological polar surface area (TPSA) is 79.7 Å². The highest BCUT2D eigenvalue weighted by molar-refractivity contribution is 6.51. The van der Waals surface area contributed by atoms with Crippen LogP contribution in [-0.4, -0.2) is 28.4 Å². The monoisotopic (exact) mass is 454 g/mol. The van der Waals surface area contributed by atoms with Gasteiger partial charge in [-0.05, 0) is 79.6 Å². The van der Waals surface area contributed by atoms with Crippen molar-refractivity contribution in [2.24, 2.45) is 0 Å². The Morgan fingerprint density at radius 1 is 1.03 bits per heavy atom. The predicted molar refractivity (Wildman–Crippen MR) is 130 cm³/mol. The summed E-state index contributed by atoms with van der Waals surface area (Å²) >= 11 is 0. The van der Waals surface area contributed by atoms with E-state index in [-0.39, 0.29) is 11.3 Å². The van der Waals surface area contributed by atoms with Gasteiger partial charge in [0.1, 0.15) is 11.5 Å². The number of ether oxygens (including phenoxy) is 1. The number of anilines is 1. The van der Waals surface area contributed by atoms with Crippen LogP contribution in [0.25, 0.3) is 5.76 Å². The second-order valence-electron chi connectivity index (χ2n) is 8.57. The van der Waals surface area contributed by atoms with E-state index in [0.717, 1.165) is 25.7 Å². The van der Waals surface area contributed by atoms with Crippen molar-refractivity contribution in [3.8, 4) is 5.75 Å². The number of aliphatic hydroxyl groups is 1. The van der Waals surface area contributed by atoms with Crippen molar-refractivity contribution >= 4 is 23.1 Å². The lowest BCUT2D eigenvalue weighted by atomic mass is 9.89. The SMILES string of the molecule is CCOc1cccc(N2C(=O)C(=O)/C(=C(\O)c3ccc4c(c3)CCCC4)C2c2ccncc2)c1. The molecular formula is C28H26N2O4. The Balaban J connectivity index is 1.66. The number of aliphatic hydroxyl groups excluding tert-OH is 1. The number of pyridine rings is 1. The van der Waals surface area contributed by atoms with Gasteiger partial charge in [0.25, 0.3) is 11.7 Å². The lowest BCUT2D eigenvalue weighted by molar-refractivity contribution is -0.132. The normalized spacial score (nSPS) is 19.2. The summed E-state index contributed by atoms with van der Waals surface area (Å²) in [5, 5.41) is 11.4. The van der Waals surface area contributed by atoms with Gasteiger partial charge in [0.15, 0.2) is 0 Å². The molecule has 2 aliphatic rings. The molecule has 1 unspecified atom stereocenters. The van der Waals surface area contributed by atoms with Crippen LogP contribution in [-0.2, 0) is 22.4 Å². The van der Waals surface area contributed by atoms with Gasteiger partial charge in [-0.1, -0.05) is 18.2 Å². The maximum Gasteiger partial charge on any atom is 0.300 e. The zero-order valence-corrected chi connectivity index (χ0v) is 19.0. The number of hydrogen-bond acceptors (Lipinski definition) is 5. The van der Waals surface area contributed by atoms with Gasteiger partial charge in [0, 0.05) is 29.7 Å². The van der Waals surface area contributed by atoms with Gasteiger partial charge in [-0.3, -0.25) is 19.5 Å². The molecule has 0 bridgehead atoms. The Hall–Kier alpha value is -3.93. The van der Waals surface area contributed by atoms with E-state index in [1.54, 1.807) is 48.8 Å². The van der Waals surface area contributed by atoms with E-state index in [1.807, 2.05) is 25.1 Å². The number of carbonyl (C=O) groups is 2. The van der Waals surface area contributed by atoms with Gasteiger partial charge in [0.05, 0.1) is 18.2 Å². The third-order valence-corrected chi connectivity index (χ3v) is 6.49. The largest absolute Gasteiger partial charge is 0.507 e. The molecule has 6 heteroatoms. The summed E-state index contributed by atoms with van der Waals surface area (Å²) in [6, 6.07) is 15.6. The Bertz CT molecular complexity index is 1280. The van der Waals surface area contributed by atoms with Crippen LogP contribution in [0.5, 0.6) is 5.75 Å². The third kappa shape index (κ3) is 3.85. The predicted octanol–water partition coefficient (Wildman–Crippen LogP) is 4.99. The first-order valence-corrected chi connectivity index (χ1v) is 11.6. The summed E-state index contributed by atoms with van der Waals surface area (Å²) < 4.78 is 5.61. The molecule has 1 saturated heterocycles. The molecule has 2 aromatic carbocycles. The second-order valence-corrected chi connectivity index (χ2v) is 8.57. The Morgan fingerprint density at radius 2 is 1.79 bits per heavy atom. The molecule has 172 valence electrons. The van der Waals surface area contributed by atoms with Gasteiger partial charge < -0.3 is 9.84 Å². The first-order chi connectivity index (χ1) is 16.6. The summed E-state index contributed by atoms with van der Waals surface area (Å²) in [4.78, 5) is 32.2. The van der Waals surface area contributed by atoms with Crippen molar-refractivity contribution in [2.75, 3.05) is 11.5 Å². The summed E-state index contributed by atoms with van der Waals surface area (Å²) in [6.45, 7) is 2.36. The van der Waals surface area contributed by atoms with E-state index in [0.29, 0.717) is 29.2 Å². The average molecular weight is 455 g/mol. The molecular weight excluding hydrogens is 428 g/mol. The van der Waals surface area contributed by atoms with Gasteiger partial charge in [0.2, 0.25) is 0 Å². The van der Waals surface area contributed by atoms with Crippen molar-refractivity contribution in [1.82, 2.24) is 4.98 Å². The van der Waals surface area contributed by atoms with Crippen LogP contribution in [0, 0.1) is 0 Å². The van der Waals surface area contributed by atoms with E-state index >= 15 is 0 Å². The number of rotatable bonds is 5. The lowest BCUT2D eigenvalue weighted by Crippen LogP contribution is -2.29. The summed E-state index contributed by atoms with van der Waals surface area (Å²) in [5.41, 5.74) is 4.32. The molecule has 1 amide bonds. The van der Waals surface area contributed by atoms with Crippen LogP contribution in [0.4, 0.5) is 5.69 Å². The molecule has 1 fully saturated rings. The molecule has 2 heterocycles. The third-order valence-electron chi connectivity index (χ3n) is 6.49. The molecule has 1 aliphatic carbocycles. The number of nitrogens with zero attached hydrogens (tertiary/aromatic N) is 2. The number of benzene rings is 2. The van der Waals surface area contributed by atoms with Gasteiger partial charge in [-0.15, -0.1) is 0 Å². The summed E-state index contributed by atoms with van der Waals surface area (Å²) in [6.07, 6.45) is 7.47. The Kier molecular flexibility index (Phi) is 5.88. The molecule has 1 N–H and O–H groups in total. The molecule has 3 aromatic rings. The van der Waals surface area contributed by atoms with Crippen LogP contribution >= 0.6 is 0 Å². The van der Waals surface area contributed by atoms with E-state index in [1.165, 1.54) is 16.0 Å². The molecule has 1 atom stereocenters. The zero-order valence-electron chi connectivity index (χ0n) is 19.0. The molecule has 34 heavy (non-hydrogen) atoms. The molecule has 1 aromatic heterocycles. The van der Waals surface area contributed by atoms with E-state index in [4.69, 9.17) is 4.74 Å². The lowest BCUT2D eigenvalue weighted by Gasteiger charge is -2.25. The highest BCUT2D eigenvalue weighted by atomic mass is 16.5. The molecule has 0 saturated carbocycles. The highest BCUT2D eigenvalue weighted by Gasteiger charge is 2.47. The number of amides is 1. The Morgan fingerprint density at radius 3 is 2.56 bits per heavy atom. The first kappa shape index (κ1) is 21.9. The van der Waals surface area contributed by atoms with Crippen LogP contribution in [0.1, 0.15) is 48.1 Å². The number of ketones is 1. The smallest absolute Gasteiger partial charge is 0.300 e. The molecule has 6 nitrogen and oxygen atoms in total. The number of carbonyl (C=O) groups excluding carboxylic acids is 2. The van der Waals surface area contributed by atoms with E-state index < -0.39 is 17.7 Å². The van der Waals surface area contributed by atoms with Crippen molar-refractivity contribution in [1.29, 1.82) is 0 Å². The maximum absolute atomic E-state index is 13.3. The second kappa shape index (κ2) is 9.14.